The summed E-state index contributed by atoms with van der Waals surface area (Å²) < 4.78 is 29.2. The van der Waals surface area contributed by atoms with Gasteiger partial charge >= 0.3 is 0 Å². The monoisotopic (exact) mass is 344 g/mol. The minimum absolute atomic E-state index is 0.411. The quantitative estimate of drug-likeness (QED) is 0.661. The number of hydrazine groups is 1. The van der Waals surface area contributed by atoms with Gasteiger partial charge in [-0.2, -0.15) is 5.10 Å². The minimum Gasteiger partial charge on any atom is -0.271 e. The van der Waals surface area contributed by atoms with E-state index in [0.29, 0.717) is 12.0 Å². The van der Waals surface area contributed by atoms with Gasteiger partial charge < -0.3 is 0 Å². The van der Waals surface area contributed by atoms with Crippen LogP contribution in [0.3, 0.4) is 0 Å². The van der Waals surface area contributed by atoms with Crippen molar-refractivity contribution in [2.45, 2.75) is 19.4 Å². The molecule has 1 heterocycles. The third kappa shape index (κ3) is 3.05. The molecule has 7 heteroatoms. The average Bonchev–Trinajstić information content (AvgIpc) is 2.60. The molecule has 4 nitrogen and oxygen atoms in total. The molecule has 0 aliphatic carbocycles. The lowest BCUT2D eigenvalue weighted by atomic mass is 10.0. The average molecular weight is 345 g/mol. The second-order valence-corrected chi connectivity index (χ2v) is 5.39. The zero-order chi connectivity index (χ0) is 14.9. The molecule has 1 unspecified atom stereocenters. The van der Waals surface area contributed by atoms with Gasteiger partial charge in [-0.25, -0.2) is 8.78 Å². The number of benzene rings is 1. The van der Waals surface area contributed by atoms with E-state index in [1.54, 1.807) is 4.68 Å². The molecule has 2 aromatic rings. The van der Waals surface area contributed by atoms with Gasteiger partial charge in [-0.3, -0.25) is 16.0 Å². The maximum absolute atomic E-state index is 13.3. The molecule has 0 aliphatic rings. The van der Waals surface area contributed by atoms with Gasteiger partial charge in [-0.05, 0) is 40.5 Å². The van der Waals surface area contributed by atoms with Crippen molar-refractivity contribution in [2.24, 2.45) is 12.9 Å². The van der Waals surface area contributed by atoms with Crippen LogP contribution in [0.1, 0.15) is 23.0 Å². The van der Waals surface area contributed by atoms with Crippen molar-refractivity contribution < 1.29 is 8.78 Å². The third-order valence-corrected chi connectivity index (χ3v) is 4.18. The number of nitrogens with two attached hydrogens (primary N) is 1. The Kier molecular flexibility index (Phi) is 4.52. The number of hydrogen-bond donors (Lipinski definition) is 2. The number of aromatic nitrogens is 2. The molecule has 0 bridgehead atoms. The Bertz CT molecular complexity index is 607. The molecule has 108 valence electrons. The summed E-state index contributed by atoms with van der Waals surface area (Å²) in [4.78, 5) is 0. The lowest BCUT2D eigenvalue weighted by molar-refractivity contribution is 0.515. The van der Waals surface area contributed by atoms with Crippen LogP contribution < -0.4 is 11.3 Å². The van der Waals surface area contributed by atoms with Crippen molar-refractivity contribution >= 4 is 15.9 Å². The van der Waals surface area contributed by atoms with Gasteiger partial charge in [0.15, 0.2) is 0 Å². The second-order valence-electron chi connectivity index (χ2n) is 4.60. The number of nitrogens with zero attached hydrogens (tertiary/aromatic N) is 2. The van der Waals surface area contributed by atoms with Crippen LogP contribution in [0.4, 0.5) is 8.78 Å². The first-order chi connectivity index (χ1) is 9.42. The molecule has 0 fully saturated rings. The number of hydrogen-bond acceptors (Lipinski definition) is 3. The summed E-state index contributed by atoms with van der Waals surface area (Å²) in [5.74, 6) is 4.27. The molecule has 1 aromatic carbocycles. The van der Waals surface area contributed by atoms with E-state index in [-0.39, 0.29) is 0 Å². The molecule has 0 spiro atoms. The molecule has 2 rings (SSSR count). The van der Waals surface area contributed by atoms with Crippen molar-refractivity contribution in [1.82, 2.24) is 15.2 Å². The molecular formula is C13H15BrF2N4. The largest absolute Gasteiger partial charge is 0.271 e. The smallest absolute Gasteiger partial charge is 0.126 e. The van der Waals surface area contributed by atoms with Gasteiger partial charge in [0.2, 0.25) is 0 Å². The highest BCUT2D eigenvalue weighted by atomic mass is 79.9. The lowest BCUT2D eigenvalue weighted by Gasteiger charge is -2.17. The van der Waals surface area contributed by atoms with Gasteiger partial charge in [0, 0.05) is 19.5 Å². The Hall–Kier alpha value is -1.31. The summed E-state index contributed by atoms with van der Waals surface area (Å²) in [7, 11) is 1.81. The van der Waals surface area contributed by atoms with Crippen molar-refractivity contribution in [3.8, 4) is 0 Å². The molecule has 0 amide bonds. The Balaban J connectivity index is 2.33. The van der Waals surface area contributed by atoms with E-state index in [0.717, 1.165) is 21.9 Å². The Morgan fingerprint density at radius 2 is 1.95 bits per heavy atom. The van der Waals surface area contributed by atoms with Crippen LogP contribution in [0, 0.1) is 18.6 Å². The van der Waals surface area contributed by atoms with E-state index in [9.17, 15) is 8.78 Å². The van der Waals surface area contributed by atoms with E-state index in [2.05, 4.69) is 26.5 Å². The summed E-state index contributed by atoms with van der Waals surface area (Å²) in [5.41, 5.74) is 4.79. The van der Waals surface area contributed by atoms with E-state index < -0.39 is 17.7 Å². The lowest BCUT2D eigenvalue weighted by Crippen LogP contribution is -2.30. The first kappa shape index (κ1) is 15.1. The van der Waals surface area contributed by atoms with E-state index in [4.69, 9.17) is 5.84 Å². The normalized spacial score (nSPS) is 12.7. The van der Waals surface area contributed by atoms with Crippen molar-refractivity contribution in [3.05, 3.63) is 51.3 Å². The second kappa shape index (κ2) is 5.99. The van der Waals surface area contributed by atoms with Crippen LogP contribution in [0.15, 0.2) is 22.7 Å². The molecule has 0 aliphatic heterocycles. The highest BCUT2D eigenvalue weighted by Crippen LogP contribution is 2.26. The predicted molar refractivity (Wildman–Crippen MR) is 75.8 cm³/mol. The number of rotatable bonds is 4. The zero-order valence-electron chi connectivity index (χ0n) is 11.1. The molecule has 1 atom stereocenters. The highest BCUT2D eigenvalue weighted by molar-refractivity contribution is 9.10. The topological polar surface area (TPSA) is 55.9 Å². The van der Waals surface area contributed by atoms with E-state index in [1.807, 2.05) is 14.0 Å². The maximum Gasteiger partial charge on any atom is 0.126 e. The molecule has 0 radical (unpaired) electrons. The minimum atomic E-state index is -0.625. The van der Waals surface area contributed by atoms with Crippen LogP contribution in [0.2, 0.25) is 0 Å². The summed E-state index contributed by atoms with van der Waals surface area (Å²) in [6.07, 6.45) is 0.456. The summed E-state index contributed by atoms with van der Waals surface area (Å²) in [6.45, 7) is 1.88. The first-order valence-corrected chi connectivity index (χ1v) is 6.81. The van der Waals surface area contributed by atoms with Crippen LogP contribution in [0.25, 0.3) is 0 Å². The van der Waals surface area contributed by atoms with Crippen molar-refractivity contribution in [2.75, 3.05) is 0 Å². The highest BCUT2D eigenvalue weighted by Gasteiger charge is 2.18. The summed E-state index contributed by atoms with van der Waals surface area (Å²) in [5, 5.41) is 4.28. The zero-order valence-corrected chi connectivity index (χ0v) is 12.7. The molecule has 20 heavy (non-hydrogen) atoms. The fraction of sp³-hybridized carbons (Fsp3) is 0.308. The Morgan fingerprint density at radius 1 is 1.35 bits per heavy atom. The van der Waals surface area contributed by atoms with E-state index in [1.165, 1.54) is 12.1 Å². The molecule has 1 aromatic heterocycles. The number of nitrogens with one attached hydrogen (secondary N) is 1. The van der Waals surface area contributed by atoms with Gasteiger partial charge in [0.1, 0.15) is 11.6 Å². The van der Waals surface area contributed by atoms with Gasteiger partial charge in [-0.1, -0.05) is 0 Å². The molecule has 0 saturated heterocycles. The SMILES string of the molecule is Cc1nn(C)c(CC(NN)c2cc(F)cc(F)c2)c1Br. The van der Waals surface area contributed by atoms with E-state index >= 15 is 0 Å². The molecular weight excluding hydrogens is 330 g/mol. The summed E-state index contributed by atoms with van der Waals surface area (Å²) >= 11 is 3.46. The Morgan fingerprint density at radius 3 is 2.40 bits per heavy atom. The fourth-order valence-corrected chi connectivity index (χ4v) is 2.64. The summed E-state index contributed by atoms with van der Waals surface area (Å²) in [6, 6.07) is 2.96. The molecule has 0 saturated carbocycles. The Labute approximate surface area is 124 Å². The standard InChI is InChI=1S/C13H15BrF2N4/c1-7-13(14)12(20(2)19-7)6-11(18-17)8-3-9(15)5-10(16)4-8/h3-5,11,18H,6,17H2,1-2H3. The van der Waals surface area contributed by atoms with Crippen LogP contribution in [-0.2, 0) is 13.5 Å². The third-order valence-electron chi connectivity index (χ3n) is 3.15. The fourth-order valence-electron chi connectivity index (χ4n) is 2.14. The maximum atomic E-state index is 13.3. The molecule has 3 N–H and O–H groups in total. The van der Waals surface area contributed by atoms with Crippen molar-refractivity contribution in [3.63, 3.8) is 0 Å². The van der Waals surface area contributed by atoms with Gasteiger partial charge in [0.25, 0.3) is 0 Å². The number of aryl methyl sites for hydroxylation is 2. The van der Waals surface area contributed by atoms with Gasteiger partial charge in [0.05, 0.1) is 21.9 Å². The van der Waals surface area contributed by atoms with Crippen molar-refractivity contribution in [1.29, 1.82) is 0 Å². The van der Waals surface area contributed by atoms with Gasteiger partial charge in [-0.15, -0.1) is 0 Å². The van der Waals surface area contributed by atoms with Crippen LogP contribution in [0.5, 0.6) is 0 Å². The predicted octanol–water partition coefficient (Wildman–Crippen LogP) is 2.52. The number of halogens is 3. The van der Waals surface area contributed by atoms with Crippen LogP contribution in [-0.4, -0.2) is 9.78 Å². The van der Waals surface area contributed by atoms with Crippen LogP contribution >= 0.6 is 15.9 Å². The first-order valence-electron chi connectivity index (χ1n) is 6.02.